The number of alkyl halides is 1. The standard InChI is InChI=1S/C6H9FO2/c1-6(5(8)9)2-4(6)3-7/h4H,2-3H2,1H3,(H,8,9)/t4-,6+/m0/s1. The minimum atomic E-state index is -0.870. The van der Waals surface area contributed by atoms with Crippen LogP contribution in [0, 0.1) is 11.3 Å². The molecule has 9 heavy (non-hydrogen) atoms. The van der Waals surface area contributed by atoms with Gasteiger partial charge in [0.15, 0.2) is 0 Å². The summed E-state index contributed by atoms with van der Waals surface area (Å²) in [7, 11) is 0. The number of rotatable bonds is 2. The van der Waals surface area contributed by atoms with Crippen LogP contribution in [0.2, 0.25) is 0 Å². The third kappa shape index (κ3) is 0.802. The Hall–Kier alpha value is -0.600. The second kappa shape index (κ2) is 1.69. The van der Waals surface area contributed by atoms with E-state index in [2.05, 4.69) is 0 Å². The van der Waals surface area contributed by atoms with Gasteiger partial charge in [-0.1, -0.05) is 0 Å². The monoisotopic (exact) mass is 132 g/mol. The molecule has 1 N–H and O–H groups in total. The Labute approximate surface area is 52.7 Å². The van der Waals surface area contributed by atoms with Crippen molar-refractivity contribution in [3.05, 3.63) is 0 Å². The molecule has 0 amide bonds. The lowest BCUT2D eigenvalue weighted by atomic mass is 10.1. The first-order chi connectivity index (χ1) is 4.11. The van der Waals surface area contributed by atoms with E-state index >= 15 is 0 Å². The van der Waals surface area contributed by atoms with Gasteiger partial charge in [0.2, 0.25) is 0 Å². The lowest BCUT2D eigenvalue weighted by Gasteiger charge is -1.99. The van der Waals surface area contributed by atoms with Crippen molar-refractivity contribution in [2.45, 2.75) is 13.3 Å². The van der Waals surface area contributed by atoms with Crippen molar-refractivity contribution < 1.29 is 14.3 Å². The average Bonchev–Trinajstić information content (AvgIpc) is 2.44. The van der Waals surface area contributed by atoms with Crippen molar-refractivity contribution >= 4 is 5.97 Å². The third-order valence-corrected chi connectivity index (χ3v) is 2.09. The fourth-order valence-electron chi connectivity index (χ4n) is 0.940. The zero-order valence-corrected chi connectivity index (χ0v) is 5.22. The predicted molar refractivity (Wildman–Crippen MR) is 29.8 cm³/mol. The van der Waals surface area contributed by atoms with Crippen molar-refractivity contribution in [2.75, 3.05) is 6.67 Å². The van der Waals surface area contributed by atoms with Crippen molar-refractivity contribution in [3.8, 4) is 0 Å². The van der Waals surface area contributed by atoms with Crippen LogP contribution in [-0.4, -0.2) is 17.8 Å². The Morgan fingerprint density at radius 2 is 2.56 bits per heavy atom. The molecule has 0 aromatic heterocycles. The minimum Gasteiger partial charge on any atom is -0.481 e. The fraction of sp³-hybridized carbons (Fsp3) is 0.833. The molecule has 52 valence electrons. The quantitative estimate of drug-likeness (QED) is 0.610. The highest BCUT2D eigenvalue weighted by atomic mass is 19.1. The Morgan fingerprint density at radius 1 is 2.00 bits per heavy atom. The van der Waals surface area contributed by atoms with Crippen LogP contribution in [0.1, 0.15) is 13.3 Å². The molecular formula is C6H9FO2. The summed E-state index contributed by atoms with van der Waals surface area (Å²) < 4.78 is 11.8. The van der Waals surface area contributed by atoms with E-state index in [1.165, 1.54) is 0 Å². The topological polar surface area (TPSA) is 37.3 Å². The SMILES string of the molecule is C[C@@]1(C(=O)O)C[C@H]1CF. The lowest BCUT2D eigenvalue weighted by molar-refractivity contribution is -0.143. The van der Waals surface area contributed by atoms with Crippen molar-refractivity contribution in [2.24, 2.45) is 11.3 Å². The molecule has 0 aromatic rings. The van der Waals surface area contributed by atoms with Gasteiger partial charge >= 0.3 is 5.97 Å². The number of aliphatic carboxylic acids is 1. The molecule has 1 rings (SSSR count). The molecule has 0 saturated heterocycles. The molecule has 1 aliphatic rings. The Kier molecular flexibility index (Phi) is 1.22. The van der Waals surface area contributed by atoms with Gasteiger partial charge in [-0.05, 0) is 13.3 Å². The normalized spacial score (nSPS) is 40.4. The number of carboxylic acid groups (broad SMARTS) is 1. The summed E-state index contributed by atoms with van der Waals surface area (Å²) in [5, 5.41) is 8.45. The van der Waals surface area contributed by atoms with Crippen LogP contribution in [0.4, 0.5) is 4.39 Å². The highest BCUT2D eigenvalue weighted by Crippen LogP contribution is 2.52. The van der Waals surface area contributed by atoms with E-state index in [-0.39, 0.29) is 5.92 Å². The summed E-state index contributed by atoms with van der Waals surface area (Å²) in [4.78, 5) is 10.3. The summed E-state index contributed by atoms with van der Waals surface area (Å²) in [6.45, 7) is 1.09. The van der Waals surface area contributed by atoms with E-state index in [1.54, 1.807) is 6.92 Å². The van der Waals surface area contributed by atoms with Gasteiger partial charge in [0.1, 0.15) is 0 Å². The molecule has 0 heterocycles. The van der Waals surface area contributed by atoms with Crippen LogP contribution >= 0.6 is 0 Å². The largest absolute Gasteiger partial charge is 0.481 e. The zero-order chi connectivity index (χ0) is 7.07. The second-order valence-corrected chi connectivity index (χ2v) is 2.78. The number of halogens is 1. The zero-order valence-electron chi connectivity index (χ0n) is 5.22. The third-order valence-electron chi connectivity index (χ3n) is 2.09. The maximum Gasteiger partial charge on any atom is 0.309 e. The molecular weight excluding hydrogens is 123 g/mol. The van der Waals surface area contributed by atoms with Gasteiger partial charge in [0.25, 0.3) is 0 Å². The predicted octanol–water partition coefficient (Wildman–Crippen LogP) is 1.07. The molecule has 2 atom stereocenters. The number of hydrogen-bond acceptors (Lipinski definition) is 1. The highest BCUT2D eigenvalue weighted by Gasteiger charge is 2.56. The van der Waals surface area contributed by atoms with Gasteiger partial charge in [-0.15, -0.1) is 0 Å². The van der Waals surface area contributed by atoms with Gasteiger partial charge in [0, 0.05) is 5.92 Å². The van der Waals surface area contributed by atoms with Gasteiger partial charge in [-0.25, -0.2) is 0 Å². The van der Waals surface area contributed by atoms with Crippen molar-refractivity contribution in [1.82, 2.24) is 0 Å². The summed E-state index contributed by atoms with van der Waals surface area (Å²) >= 11 is 0. The van der Waals surface area contributed by atoms with Crippen LogP contribution in [0.5, 0.6) is 0 Å². The van der Waals surface area contributed by atoms with E-state index in [9.17, 15) is 9.18 Å². The van der Waals surface area contributed by atoms with Gasteiger partial charge < -0.3 is 5.11 Å². The fourth-order valence-corrected chi connectivity index (χ4v) is 0.940. The van der Waals surface area contributed by atoms with Crippen LogP contribution in [0.15, 0.2) is 0 Å². The molecule has 2 nitrogen and oxygen atoms in total. The Morgan fingerprint density at radius 3 is 2.67 bits per heavy atom. The molecule has 1 fully saturated rings. The van der Waals surface area contributed by atoms with E-state index in [0.717, 1.165) is 0 Å². The molecule has 0 bridgehead atoms. The van der Waals surface area contributed by atoms with Crippen molar-refractivity contribution in [3.63, 3.8) is 0 Å². The maximum absolute atomic E-state index is 11.8. The summed E-state index contributed by atoms with van der Waals surface area (Å²) in [6, 6.07) is 0. The van der Waals surface area contributed by atoms with Crippen molar-refractivity contribution in [1.29, 1.82) is 0 Å². The van der Waals surface area contributed by atoms with E-state index in [0.29, 0.717) is 6.42 Å². The van der Waals surface area contributed by atoms with Crippen LogP contribution < -0.4 is 0 Å². The smallest absolute Gasteiger partial charge is 0.309 e. The number of carbonyl (C=O) groups is 1. The lowest BCUT2D eigenvalue weighted by Crippen LogP contribution is -2.13. The molecule has 3 heteroatoms. The average molecular weight is 132 g/mol. The Bertz CT molecular complexity index is 146. The van der Waals surface area contributed by atoms with E-state index in [1.807, 2.05) is 0 Å². The first-order valence-corrected chi connectivity index (χ1v) is 2.90. The van der Waals surface area contributed by atoms with Crippen LogP contribution in [0.25, 0.3) is 0 Å². The second-order valence-electron chi connectivity index (χ2n) is 2.78. The summed E-state index contributed by atoms with van der Waals surface area (Å²) in [5.74, 6) is -1.10. The maximum atomic E-state index is 11.8. The van der Waals surface area contributed by atoms with Crippen LogP contribution in [-0.2, 0) is 4.79 Å². The first-order valence-electron chi connectivity index (χ1n) is 2.90. The molecule has 0 spiro atoms. The molecule has 1 aliphatic carbocycles. The van der Waals surface area contributed by atoms with E-state index < -0.39 is 18.1 Å². The Balaban J connectivity index is 2.52. The van der Waals surface area contributed by atoms with E-state index in [4.69, 9.17) is 5.11 Å². The number of carboxylic acids is 1. The van der Waals surface area contributed by atoms with Crippen LogP contribution in [0.3, 0.4) is 0 Å². The molecule has 0 radical (unpaired) electrons. The summed E-state index contributed by atoms with van der Waals surface area (Å²) in [6.07, 6.45) is 0.499. The molecule has 1 saturated carbocycles. The van der Waals surface area contributed by atoms with Gasteiger partial charge in [-0.3, -0.25) is 9.18 Å². The number of hydrogen-bond donors (Lipinski definition) is 1. The molecule has 0 aliphatic heterocycles. The molecule has 0 aromatic carbocycles. The van der Waals surface area contributed by atoms with Gasteiger partial charge in [-0.2, -0.15) is 0 Å². The molecule has 0 unspecified atom stereocenters. The highest BCUT2D eigenvalue weighted by molar-refractivity contribution is 5.78. The summed E-state index contributed by atoms with van der Waals surface area (Å²) in [5.41, 5.74) is -0.741. The first kappa shape index (κ1) is 6.52. The minimum absolute atomic E-state index is 0.227. The van der Waals surface area contributed by atoms with Gasteiger partial charge in [0.05, 0.1) is 12.1 Å².